The molecule has 3 N–H and O–H groups in total. The molecule has 2 rings (SSSR count). The molecule has 0 spiro atoms. The first-order valence-electron chi connectivity index (χ1n) is 6.40. The summed E-state index contributed by atoms with van der Waals surface area (Å²) < 4.78 is 0. The molecule has 0 aliphatic heterocycles. The maximum atomic E-state index is 11.9. The van der Waals surface area contributed by atoms with Crippen LogP contribution in [-0.2, 0) is 6.42 Å². The Bertz CT molecular complexity index is 637. The molecule has 0 saturated heterocycles. The van der Waals surface area contributed by atoms with Crippen LogP contribution in [0.4, 0.5) is 0 Å². The molecule has 21 heavy (non-hydrogen) atoms. The van der Waals surface area contributed by atoms with E-state index in [9.17, 15) is 15.0 Å². The van der Waals surface area contributed by atoms with Crippen molar-refractivity contribution in [3.63, 3.8) is 0 Å². The van der Waals surface area contributed by atoms with E-state index in [1.165, 1.54) is 6.07 Å². The van der Waals surface area contributed by atoms with Gasteiger partial charge in [-0.25, -0.2) is 0 Å². The predicted octanol–water partition coefficient (Wildman–Crippen LogP) is 2.17. The number of benzene rings is 2. The Morgan fingerprint density at radius 3 is 2.43 bits per heavy atom. The highest BCUT2D eigenvalue weighted by atomic mass is 35.5. The van der Waals surface area contributed by atoms with Crippen molar-refractivity contribution < 1.29 is 20.1 Å². The van der Waals surface area contributed by atoms with E-state index in [1.54, 1.807) is 36.4 Å². The zero-order valence-corrected chi connectivity index (χ0v) is 11.9. The number of halogens is 1. The number of aliphatic hydroxyl groups is 2. The zero-order valence-electron chi connectivity index (χ0n) is 11.2. The lowest BCUT2D eigenvalue weighted by atomic mass is 9.99. The number of phenols is 1. The highest BCUT2D eigenvalue weighted by molar-refractivity contribution is 6.31. The number of aromatic hydroxyl groups is 1. The summed E-state index contributed by atoms with van der Waals surface area (Å²) in [5.74, 6) is -0.360. The highest BCUT2D eigenvalue weighted by Gasteiger charge is 2.17. The molecule has 110 valence electrons. The molecule has 2 aromatic rings. The zero-order chi connectivity index (χ0) is 15.4. The van der Waals surface area contributed by atoms with E-state index in [0.717, 1.165) is 11.1 Å². The molecule has 4 nitrogen and oxygen atoms in total. The average molecular weight is 307 g/mol. The Balaban J connectivity index is 2.27. The molecule has 0 aliphatic rings. The summed E-state index contributed by atoms with van der Waals surface area (Å²) in [5, 5.41) is 28.0. The van der Waals surface area contributed by atoms with Gasteiger partial charge >= 0.3 is 0 Å². The number of carbonyl (C=O) groups excluding carboxylic acids is 1. The summed E-state index contributed by atoms with van der Waals surface area (Å²) in [6.07, 6.45) is -0.928. The molecule has 2 aromatic carbocycles. The number of rotatable bonds is 5. The molecular formula is C16H15ClO4. The third-order valence-electron chi connectivity index (χ3n) is 3.14. The molecule has 0 aromatic heterocycles. The first-order chi connectivity index (χ1) is 10.0. The maximum Gasteiger partial charge on any atom is 0.193 e. The Morgan fingerprint density at radius 2 is 1.81 bits per heavy atom. The van der Waals surface area contributed by atoms with E-state index in [1.807, 2.05) is 0 Å². The summed E-state index contributed by atoms with van der Waals surface area (Å²) in [7, 11) is 0. The third kappa shape index (κ3) is 3.82. The Hall–Kier alpha value is -1.88. The number of hydrogen-bond donors (Lipinski definition) is 3. The summed E-state index contributed by atoms with van der Waals surface area (Å²) in [5.41, 5.74) is 1.97. The minimum Gasteiger partial charge on any atom is -0.508 e. The van der Waals surface area contributed by atoms with Crippen LogP contribution >= 0.6 is 11.6 Å². The number of phenolic OH excluding ortho intramolecular Hbond substituents is 1. The third-order valence-corrected chi connectivity index (χ3v) is 3.51. The summed E-state index contributed by atoms with van der Waals surface area (Å²) in [6, 6.07) is 11.4. The Labute approximate surface area is 127 Å². The maximum absolute atomic E-state index is 11.9. The lowest BCUT2D eigenvalue weighted by Crippen LogP contribution is -2.24. The minimum absolute atomic E-state index is 0.180. The largest absolute Gasteiger partial charge is 0.508 e. The first kappa shape index (κ1) is 15.5. The number of aliphatic hydroxyl groups excluding tert-OH is 2. The van der Waals surface area contributed by atoms with E-state index >= 15 is 0 Å². The normalized spacial score (nSPS) is 12.1. The standard InChI is InChI=1S/C16H15ClO4/c17-14-6-3-11(16(21)15(20)9-18)8-12(14)7-10-1-4-13(19)5-2-10/h1-6,8,15,18-20H,7,9H2. The van der Waals surface area contributed by atoms with Crippen molar-refractivity contribution in [2.75, 3.05) is 6.61 Å². The molecule has 0 fully saturated rings. The SMILES string of the molecule is O=C(c1ccc(Cl)c(Cc2ccc(O)cc2)c1)C(O)CO. The lowest BCUT2D eigenvalue weighted by molar-refractivity contribution is 0.0587. The summed E-state index contributed by atoms with van der Waals surface area (Å²) in [4.78, 5) is 11.9. The van der Waals surface area contributed by atoms with Gasteiger partial charge in [0.15, 0.2) is 5.78 Å². The van der Waals surface area contributed by atoms with Crippen LogP contribution in [-0.4, -0.2) is 33.8 Å². The van der Waals surface area contributed by atoms with Gasteiger partial charge in [0.1, 0.15) is 11.9 Å². The van der Waals surface area contributed by atoms with Crippen molar-refractivity contribution in [3.8, 4) is 5.75 Å². The van der Waals surface area contributed by atoms with Crippen LogP contribution in [0.25, 0.3) is 0 Å². The van der Waals surface area contributed by atoms with E-state index in [-0.39, 0.29) is 5.75 Å². The van der Waals surface area contributed by atoms with Crippen molar-refractivity contribution >= 4 is 17.4 Å². The Morgan fingerprint density at radius 1 is 1.14 bits per heavy atom. The smallest absolute Gasteiger partial charge is 0.193 e. The van der Waals surface area contributed by atoms with E-state index in [4.69, 9.17) is 16.7 Å². The fourth-order valence-electron chi connectivity index (χ4n) is 1.97. The molecule has 1 atom stereocenters. The van der Waals surface area contributed by atoms with Crippen LogP contribution in [0.15, 0.2) is 42.5 Å². The van der Waals surface area contributed by atoms with Gasteiger partial charge in [0.2, 0.25) is 0 Å². The van der Waals surface area contributed by atoms with Crippen LogP contribution in [0.1, 0.15) is 21.5 Å². The monoisotopic (exact) mass is 306 g/mol. The summed E-state index contributed by atoms with van der Waals surface area (Å²) >= 11 is 6.12. The number of hydrogen-bond acceptors (Lipinski definition) is 4. The molecule has 0 radical (unpaired) electrons. The van der Waals surface area contributed by atoms with Crippen molar-refractivity contribution in [2.24, 2.45) is 0 Å². The number of ketones is 1. The second kappa shape index (κ2) is 6.72. The highest BCUT2D eigenvalue weighted by Crippen LogP contribution is 2.22. The lowest BCUT2D eigenvalue weighted by Gasteiger charge is -2.10. The van der Waals surface area contributed by atoms with Gasteiger partial charge in [-0.15, -0.1) is 0 Å². The molecule has 5 heteroatoms. The molecule has 0 heterocycles. The quantitative estimate of drug-likeness (QED) is 0.740. The van der Waals surface area contributed by atoms with Gasteiger partial charge in [-0.1, -0.05) is 23.7 Å². The fraction of sp³-hybridized carbons (Fsp3) is 0.188. The van der Waals surface area contributed by atoms with Crippen LogP contribution in [0.5, 0.6) is 5.75 Å². The molecule has 0 aliphatic carbocycles. The number of carbonyl (C=O) groups is 1. The van der Waals surface area contributed by atoms with E-state index < -0.39 is 18.5 Å². The molecule has 0 amide bonds. The van der Waals surface area contributed by atoms with Crippen molar-refractivity contribution in [1.29, 1.82) is 0 Å². The Kier molecular flexibility index (Phi) is 4.96. The molecule has 1 unspecified atom stereocenters. The van der Waals surface area contributed by atoms with E-state index in [0.29, 0.717) is 17.0 Å². The fourth-order valence-corrected chi connectivity index (χ4v) is 2.16. The van der Waals surface area contributed by atoms with Gasteiger partial charge < -0.3 is 15.3 Å². The van der Waals surface area contributed by atoms with Crippen LogP contribution in [0.3, 0.4) is 0 Å². The second-order valence-electron chi connectivity index (χ2n) is 4.71. The van der Waals surface area contributed by atoms with Gasteiger partial charge in [0.25, 0.3) is 0 Å². The van der Waals surface area contributed by atoms with Crippen molar-refractivity contribution in [1.82, 2.24) is 0 Å². The second-order valence-corrected chi connectivity index (χ2v) is 5.12. The van der Waals surface area contributed by atoms with Crippen LogP contribution in [0, 0.1) is 0 Å². The minimum atomic E-state index is -1.42. The topological polar surface area (TPSA) is 77.8 Å². The summed E-state index contributed by atoms with van der Waals surface area (Å²) in [6.45, 7) is -0.616. The molecular weight excluding hydrogens is 292 g/mol. The molecule has 0 saturated carbocycles. The van der Waals surface area contributed by atoms with Gasteiger partial charge in [0.05, 0.1) is 6.61 Å². The van der Waals surface area contributed by atoms with Gasteiger partial charge in [-0.3, -0.25) is 4.79 Å². The number of Topliss-reactive ketones (excluding diaryl/α,β-unsaturated/α-hetero) is 1. The van der Waals surface area contributed by atoms with Crippen molar-refractivity contribution in [3.05, 3.63) is 64.2 Å². The van der Waals surface area contributed by atoms with Crippen molar-refractivity contribution in [2.45, 2.75) is 12.5 Å². The molecule has 0 bridgehead atoms. The van der Waals surface area contributed by atoms with E-state index in [2.05, 4.69) is 0 Å². The average Bonchev–Trinajstić information content (AvgIpc) is 2.50. The van der Waals surface area contributed by atoms with Crippen LogP contribution in [0.2, 0.25) is 5.02 Å². The van der Waals surface area contributed by atoms with Crippen LogP contribution < -0.4 is 0 Å². The van der Waals surface area contributed by atoms with Gasteiger partial charge in [0, 0.05) is 10.6 Å². The van der Waals surface area contributed by atoms with Gasteiger partial charge in [-0.05, 0) is 47.9 Å². The van der Waals surface area contributed by atoms with Gasteiger partial charge in [-0.2, -0.15) is 0 Å². The first-order valence-corrected chi connectivity index (χ1v) is 6.78. The predicted molar refractivity (Wildman–Crippen MR) is 79.8 cm³/mol.